The first-order chi connectivity index (χ1) is 3.34. The zero-order valence-corrected chi connectivity index (χ0v) is 4.28. The van der Waals surface area contributed by atoms with Gasteiger partial charge in [0.25, 0.3) is 0 Å². The van der Waals surface area contributed by atoms with Gasteiger partial charge in [-0.05, 0) is 18.9 Å². The highest BCUT2D eigenvalue weighted by Crippen LogP contribution is 2.29. The number of hydrogen-bond donors (Lipinski definition) is 1. The Balaban J connectivity index is 2.37. The molecule has 0 aromatic heterocycles. The molecule has 0 unspecified atom stereocenters. The van der Waals surface area contributed by atoms with Crippen molar-refractivity contribution >= 4 is 5.71 Å². The lowest BCUT2D eigenvalue weighted by Crippen LogP contribution is -1.89. The van der Waals surface area contributed by atoms with E-state index in [1.807, 2.05) is 0 Å². The van der Waals surface area contributed by atoms with Gasteiger partial charge < -0.3 is 5.41 Å². The zero-order chi connectivity index (χ0) is 5.28. The van der Waals surface area contributed by atoms with Gasteiger partial charge in [0, 0.05) is 11.6 Å². The number of rotatable bonds is 2. The van der Waals surface area contributed by atoms with Crippen molar-refractivity contribution in [2.75, 3.05) is 0 Å². The second-order valence-electron chi connectivity index (χ2n) is 1.93. The summed E-state index contributed by atoms with van der Waals surface area (Å²) in [6, 6.07) is 0. The van der Waals surface area contributed by atoms with Crippen molar-refractivity contribution in [3.8, 4) is 0 Å². The number of hydrogen-bond acceptors (Lipinski definition) is 1. The summed E-state index contributed by atoms with van der Waals surface area (Å²) < 4.78 is 0. The van der Waals surface area contributed by atoms with Crippen molar-refractivity contribution in [2.45, 2.75) is 12.8 Å². The van der Waals surface area contributed by atoms with E-state index < -0.39 is 0 Å². The van der Waals surface area contributed by atoms with E-state index in [2.05, 4.69) is 6.58 Å². The van der Waals surface area contributed by atoms with E-state index in [4.69, 9.17) is 5.41 Å². The maximum atomic E-state index is 7.14. The van der Waals surface area contributed by atoms with Crippen LogP contribution in [0, 0.1) is 11.3 Å². The molecule has 1 N–H and O–H groups in total. The minimum absolute atomic E-state index is 0.581. The van der Waals surface area contributed by atoms with E-state index >= 15 is 0 Å². The second-order valence-corrected chi connectivity index (χ2v) is 1.93. The molecule has 7 heavy (non-hydrogen) atoms. The Bertz CT molecular complexity index is 101. The Morgan fingerprint density at radius 3 is 2.43 bits per heavy atom. The molecule has 0 heterocycles. The molecule has 0 radical (unpaired) electrons. The largest absolute Gasteiger partial charge is 0.305 e. The Kier molecular flexibility index (Phi) is 0.970. The van der Waals surface area contributed by atoms with Crippen LogP contribution in [0.2, 0.25) is 0 Å². The predicted molar refractivity (Wildman–Crippen MR) is 30.6 cm³/mol. The molecule has 1 nitrogen and oxygen atoms in total. The SMILES string of the molecule is C=CC(=N)C1CC1. The average molecular weight is 95.1 g/mol. The fourth-order valence-corrected chi connectivity index (χ4v) is 0.561. The summed E-state index contributed by atoms with van der Waals surface area (Å²) in [5.41, 5.74) is 0.722. The molecule has 38 valence electrons. The summed E-state index contributed by atoms with van der Waals surface area (Å²) in [5, 5.41) is 7.14. The minimum Gasteiger partial charge on any atom is -0.305 e. The van der Waals surface area contributed by atoms with Crippen LogP contribution in [0.3, 0.4) is 0 Å². The summed E-state index contributed by atoms with van der Waals surface area (Å²) in [4.78, 5) is 0. The van der Waals surface area contributed by atoms with Gasteiger partial charge in [-0.15, -0.1) is 0 Å². The third-order valence-corrected chi connectivity index (χ3v) is 1.24. The molecule has 0 bridgehead atoms. The first-order valence-electron chi connectivity index (χ1n) is 2.55. The zero-order valence-electron chi connectivity index (χ0n) is 4.28. The van der Waals surface area contributed by atoms with Crippen molar-refractivity contribution in [3.63, 3.8) is 0 Å². The van der Waals surface area contributed by atoms with Gasteiger partial charge in [0.05, 0.1) is 0 Å². The van der Waals surface area contributed by atoms with Crippen LogP contribution < -0.4 is 0 Å². The quantitative estimate of drug-likeness (QED) is 0.504. The van der Waals surface area contributed by atoms with Crippen LogP contribution in [0.25, 0.3) is 0 Å². The second kappa shape index (κ2) is 1.49. The molecular formula is C6H9N. The maximum absolute atomic E-state index is 7.14. The highest BCUT2D eigenvalue weighted by atomic mass is 14.5. The van der Waals surface area contributed by atoms with Gasteiger partial charge in [-0.3, -0.25) is 0 Å². The highest BCUT2D eigenvalue weighted by molar-refractivity contribution is 5.95. The molecule has 0 aromatic carbocycles. The normalized spacial score (nSPS) is 18.9. The smallest absolute Gasteiger partial charge is 0.0338 e. The number of allylic oxidation sites excluding steroid dienone is 1. The van der Waals surface area contributed by atoms with E-state index in [1.54, 1.807) is 6.08 Å². The van der Waals surface area contributed by atoms with Crippen LogP contribution in [-0.2, 0) is 0 Å². The molecular weight excluding hydrogens is 86.1 g/mol. The lowest BCUT2D eigenvalue weighted by Gasteiger charge is -1.84. The van der Waals surface area contributed by atoms with Crippen molar-refractivity contribution in [3.05, 3.63) is 12.7 Å². The fourth-order valence-electron chi connectivity index (χ4n) is 0.561. The Hall–Kier alpha value is -0.590. The summed E-state index contributed by atoms with van der Waals surface area (Å²) >= 11 is 0. The summed E-state index contributed by atoms with van der Waals surface area (Å²) in [5.74, 6) is 0.581. The molecule has 0 saturated heterocycles. The van der Waals surface area contributed by atoms with E-state index in [0.29, 0.717) is 5.92 Å². The van der Waals surface area contributed by atoms with Crippen LogP contribution >= 0.6 is 0 Å². The van der Waals surface area contributed by atoms with E-state index in [1.165, 1.54) is 12.8 Å². The Morgan fingerprint density at radius 1 is 1.71 bits per heavy atom. The summed E-state index contributed by atoms with van der Waals surface area (Å²) in [6.45, 7) is 3.50. The van der Waals surface area contributed by atoms with Crippen LogP contribution in [0.5, 0.6) is 0 Å². The van der Waals surface area contributed by atoms with Gasteiger partial charge in [-0.25, -0.2) is 0 Å². The van der Waals surface area contributed by atoms with E-state index in [0.717, 1.165) is 5.71 Å². The van der Waals surface area contributed by atoms with Crippen LogP contribution in [0.4, 0.5) is 0 Å². The first-order valence-corrected chi connectivity index (χ1v) is 2.55. The van der Waals surface area contributed by atoms with Gasteiger partial charge in [-0.1, -0.05) is 6.58 Å². The number of nitrogens with one attached hydrogen (secondary N) is 1. The van der Waals surface area contributed by atoms with Gasteiger partial charge >= 0.3 is 0 Å². The lowest BCUT2D eigenvalue weighted by atomic mass is 10.2. The lowest BCUT2D eigenvalue weighted by molar-refractivity contribution is 1.18. The minimum atomic E-state index is 0.581. The maximum Gasteiger partial charge on any atom is 0.0338 e. The third kappa shape index (κ3) is 0.889. The predicted octanol–water partition coefficient (Wildman–Crippen LogP) is 1.60. The molecule has 1 fully saturated rings. The van der Waals surface area contributed by atoms with Crippen LogP contribution in [0.15, 0.2) is 12.7 Å². The molecule has 0 amide bonds. The molecule has 1 saturated carbocycles. The molecule has 0 aliphatic heterocycles. The monoisotopic (exact) mass is 95.1 g/mol. The summed E-state index contributed by atoms with van der Waals surface area (Å²) in [6.07, 6.45) is 4.06. The van der Waals surface area contributed by atoms with Crippen molar-refractivity contribution in [2.24, 2.45) is 5.92 Å². The Morgan fingerprint density at radius 2 is 2.29 bits per heavy atom. The molecule has 1 heteroatoms. The summed E-state index contributed by atoms with van der Waals surface area (Å²) in [7, 11) is 0. The van der Waals surface area contributed by atoms with Crippen LogP contribution in [-0.4, -0.2) is 5.71 Å². The van der Waals surface area contributed by atoms with Crippen molar-refractivity contribution < 1.29 is 0 Å². The Labute approximate surface area is 43.6 Å². The van der Waals surface area contributed by atoms with E-state index in [9.17, 15) is 0 Å². The molecule has 1 aliphatic carbocycles. The average Bonchev–Trinajstić information content (AvgIpc) is 2.44. The topological polar surface area (TPSA) is 23.9 Å². The van der Waals surface area contributed by atoms with Crippen molar-refractivity contribution in [1.29, 1.82) is 5.41 Å². The van der Waals surface area contributed by atoms with Gasteiger partial charge in [-0.2, -0.15) is 0 Å². The third-order valence-electron chi connectivity index (χ3n) is 1.24. The highest BCUT2D eigenvalue weighted by Gasteiger charge is 2.23. The van der Waals surface area contributed by atoms with Gasteiger partial charge in [0.15, 0.2) is 0 Å². The standard InChI is InChI=1S/C6H9N/c1-2-6(7)5-3-4-5/h2,5,7H,1,3-4H2. The molecule has 1 aliphatic rings. The molecule has 0 aromatic rings. The molecule has 1 rings (SSSR count). The van der Waals surface area contributed by atoms with Gasteiger partial charge in [0.1, 0.15) is 0 Å². The van der Waals surface area contributed by atoms with Crippen LogP contribution in [0.1, 0.15) is 12.8 Å². The van der Waals surface area contributed by atoms with Gasteiger partial charge in [0.2, 0.25) is 0 Å². The molecule has 0 atom stereocenters. The van der Waals surface area contributed by atoms with Crippen molar-refractivity contribution in [1.82, 2.24) is 0 Å². The fraction of sp³-hybridized carbons (Fsp3) is 0.500. The first kappa shape index (κ1) is 4.57. The molecule has 0 spiro atoms. The van der Waals surface area contributed by atoms with E-state index in [-0.39, 0.29) is 0 Å².